The molecular weight excluding hydrogens is 364 g/mol. The van der Waals surface area contributed by atoms with E-state index in [1.165, 1.54) is 0 Å². The van der Waals surface area contributed by atoms with Crippen molar-refractivity contribution in [3.05, 3.63) is 34.8 Å². The molecule has 0 aliphatic carbocycles. The molecule has 1 aromatic heterocycles. The van der Waals surface area contributed by atoms with Gasteiger partial charge in [0, 0.05) is 5.69 Å². The number of nitrogens with zero attached hydrogens (tertiary/aromatic N) is 2. The fourth-order valence-electron chi connectivity index (χ4n) is 1.97. The Morgan fingerprint density at radius 3 is 2.16 bits per heavy atom. The van der Waals surface area contributed by atoms with Crippen LogP contribution in [0.2, 0.25) is 0 Å². The summed E-state index contributed by atoms with van der Waals surface area (Å²) in [6.07, 6.45) is 0.867. The molecule has 10 heteroatoms. The van der Waals surface area contributed by atoms with Gasteiger partial charge >= 0.3 is 0 Å². The fourth-order valence-corrected chi connectivity index (χ4v) is 3.63. The molecule has 1 heterocycles. The van der Waals surface area contributed by atoms with Crippen LogP contribution in [0.15, 0.2) is 24.3 Å². The van der Waals surface area contributed by atoms with Crippen LogP contribution in [0.1, 0.15) is 17.5 Å². The Balaban J connectivity index is 1.88. The van der Waals surface area contributed by atoms with Gasteiger partial charge in [-0.3, -0.25) is 14.9 Å². The molecule has 25 heavy (non-hydrogen) atoms. The summed E-state index contributed by atoms with van der Waals surface area (Å²) >= 11 is 1.13. The molecule has 0 saturated heterocycles. The van der Waals surface area contributed by atoms with Crippen LogP contribution in [-0.4, -0.2) is 41.9 Å². The molecule has 0 aliphatic heterocycles. The lowest BCUT2D eigenvalue weighted by Gasteiger charge is -2.07. The number of hydrogen-bond donors (Lipinski definition) is 2. The van der Waals surface area contributed by atoms with E-state index in [9.17, 15) is 18.0 Å². The first-order valence-corrected chi connectivity index (χ1v) is 10.1. The van der Waals surface area contributed by atoms with Crippen molar-refractivity contribution in [1.82, 2.24) is 10.2 Å². The molecule has 0 radical (unpaired) electrons. The molecule has 0 bridgehead atoms. The van der Waals surface area contributed by atoms with Gasteiger partial charge in [0.25, 0.3) is 0 Å². The first-order valence-electron chi connectivity index (χ1n) is 7.46. The van der Waals surface area contributed by atoms with E-state index in [2.05, 4.69) is 20.8 Å². The molecule has 0 saturated carbocycles. The number of nitrogens with one attached hydrogen (secondary N) is 2. The number of amides is 2. The molecule has 8 nitrogen and oxygen atoms in total. The molecule has 2 N–H and O–H groups in total. The summed E-state index contributed by atoms with van der Waals surface area (Å²) in [5, 5.41) is 13.1. The number of hydrogen-bond acceptors (Lipinski definition) is 7. The van der Waals surface area contributed by atoms with Gasteiger partial charge in [0.15, 0.2) is 9.84 Å². The van der Waals surface area contributed by atoms with E-state index in [-0.39, 0.29) is 5.13 Å². The van der Waals surface area contributed by atoms with Crippen LogP contribution in [0.3, 0.4) is 0 Å². The zero-order chi connectivity index (χ0) is 18.4. The molecule has 134 valence electrons. The van der Waals surface area contributed by atoms with Crippen molar-refractivity contribution in [3.8, 4) is 0 Å². The summed E-state index contributed by atoms with van der Waals surface area (Å²) in [6, 6.07) is 7.10. The van der Waals surface area contributed by atoms with E-state index in [0.29, 0.717) is 10.7 Å². The number of sulfone groups is 1. The number of carbonyl (C=O) groups excluding carboxylic acids is 2. The molecule has 0 aliphatic rings. The van der Waals surface area contributed by atoms with Gasteiger partial charge < -0.3 is 5.32 Å². The molecule has 0 atom stereocenters. The van der Waals surface area contributed by atoms with Gasteiger partial charge in [0.05, 0.1) is 0 Å². The quantitative estimate of drug-likeness (QED) is 0.747. The fraction of sp³-hybridized carbons (Fsp3) is 0.333. The minimum atomic E-state index is -3.89. The van der Waals surface area contributed by atoms with Crippen molar-refractivity contribution in [2.24, 2.45) is 0 Å². The summed E-state index contributed by atoms with van der Waals surface area (Å²) < 4.78 is 24.0. The van der Waals surface area contributed by atoms with Gasteiger partial charge in [-0.25, -0.2) is 8.42 Å². The average molecular weight is 382 g/mol. The summed E-state index contributed by atoms with van der Waals surface area (Å²) in [4.78, 5) is 23.6. The third kappa shape index (κ3) is 6.24. The lowest BCUT2D eigenvalue weighted by molar-refractivity contribution is -0.114. The Hall–Kier alpha value is -2.33. The van der Waals surface area contributed by atoms with Crippen LogP contribution in [0, 0.1) is 6.92 Å². The van der Waals surface area contributed by atoms with E-state index in [1.54, 1.807) is 19.1 Å². The Morgan fingerprint density at radius 1 is 1.04 bits per heavy atom. The topological polar surface area (TPSA) is 118 Å². The Kier molecular flexibility index (Phi) is 6.21. The zero-order valence-electron chi connectivity index (χ0n) is 13.8. The number of aryl methyl sites for hydroxylation is 2. The van der Waals surface area contributed by atoms with E-state index in [4.69, 9.17) is 0 Å². The maximum absolute atomic E-state index is 12.0. The van der Waals surface area contributed by atoms with Crippen molar-refractivity contribution in [2.45, 2.75) is 20.3 Å². The van der Waals surface area contributed by atoms with Gasteiger partial charge in [-0.2, -0.15) is 0 Å². The number of benzene rings is 1. The number of anilines is 2. The zero-order valence-corrected chi connectivity index (χ0v) is 15.4. The van der Waals surface area contributed by atoms with E-state index in [1.807, 2.05) is 19.1 Å². The normalized spacial score (nSPS) is 11.1. The van der Waals surface area contributed by atoms with Crippen LogP contribution in [0.25, 0.3) is 0 Å². The molecule has 2 amide bonds. The summed E-state index contributed by atoms with van der Waals surface area (Å²) in [6.45, 7) is 3.72. The second-order valence-electron chi connectivity index (χ2n) is 5.31. The van der Waals surface area contributed by atoms with Crippen molar-refractivity contribution < 1.29 is 18.0 Å². The Bertz CT molecular complexity index is 860. The van der Waals surface area contributed by atoms with E-state index >= 15 is 0 Å². The van der Waals surface area contributed by atoms with Gasteiger partial charge in [-0.15, -0.1) is 10.2 Å². The number of rotatable bonds is 7. The smallest absolute Gasteiger partial charge is 0.241 e. The van der Waals surface area contributed by atoms with E-state index in [0.717, 1.165) is 23.3 Å². The highest BCUT2D eigenvalue weighted by Gasteiger charge is 2.21. The monoisotopic (exact) mass is 382 g/mol. The summed E-state index contributed by atoms with van der Waals surface area (Å²) in [7, 11) is -3.89. The predicted molar refractivity (Wildman–Crippen MR) is 96.4 cm³/mol. The predicted octanol–water partition coefficient (Wildman–Crippen LogP) is 1.40. The molecule has 0 unspecified atom stereocenters. The minimum absolute atomic E-state index is 0.221. The van der Waals surface area contributed by atoms with Gasteiger partial charge in [-0.1, -0.05) is 30.4 Å². The first-order chi connectivity index (χ1) is 11.8. The van der Waals surface area contributed by atoms with Crippen molar-refractivity contribution in [1.29, 1.82) is 0 Å². The highest BCUT2D eigenvalue weighted by molar-refractivity contribution is 7.92. The van der Waals surface area contributed by atoms with Crippen molar-refractivity contribution >= 4 is 43.8 Å². The lowest BCUT2D eigenvalue weighted by Crippen LogP contribution is -2.30. The molecule has 0 spiro atoms. The lowest BCUT2D eigenvalue weighted by atomic mass is 10.1. The van der Waals surface area contributed by atoms with Crippen LogP contribution in [0.4, 0.5) is 10.8 Å². The third-order valence-corrected chi connectivity index (χ3v) is 5.28. The standard InChI is InChI=1S/C15H18N4O4S2/c1-3-11-4-6-12(7-5-11)16-13(20)8-25(22,23)9-14(21)17-15-19-18-10(2)24-15/h4-7H,3,8-9H2,1-2H3,(H,16,20)(H,17,19,21). The maximum Gasteiger partial charge on any atom is 0.241 e. The SMILES string of the molecule is CCc1ccc(NC(=O)CS(=O)(=O)CC(=O)Nc2nnc(C)s2)cc1. The summed E-state index contributed by atoms with van der Waals surface area (Å²) in [5.74, 6) is -3.01. The van der Waals surface area contributed by atoms with Crippen LogP contribution in [0.5, 0.6) is 0 Å². The average Bonchev–Trinajstić information content (AvgIpc) is 2.91. The summed E-state index contributed by atoms with van der Waals surface area (Å²) in [5.41, 5.74) is 1.61. The number of carbonyl (C=O) groups is 2. The minimum Gasteiger partial charge on any atom is -0.325 e. The maximum atomic E-state index is 12.0. The highest BCUT2D eigenvalue weighted by atomic mass is 32.2. The van der Waals surface area contributed by atoms with Gasteiger partial charge in [0.2, 0.25) is 16.9 Å². The Morgan fingerprint density at radius 2 is 1.64 bits per heavy atom. The Labute approximate surface area is 149 Å². The van der Waals surface area contributed by atoms with Crippen molar-refractivity contribution in [2.75, 3.05) is 22.1 Å². The second kappa shape index (κ2) is 8.17. The molecular formula is C15H18N4O4S2. The molecule has 2 rings (SSSR count). The second-order valence-corrected chi connectivity index (χ2v) is 8.55. The van der Waals surface area contributed by atoms with Gasteiger partial charge in [0.1, 0.15) is 16.5 Å². The third-order valence-electron chi connectivity index (χ3n) is 3.12. The highest BCUT2D eigenvalue weighted by Crippen LogP contribution is 2.14. The number of aromatic nitrogens is 2. The first kappa shape index (κ1) is 19.0. The molecule has 0 fully saturated rings. The van der Waals surface area contributed by atoms with Crippen molar-refractivity contribution in [3.63, 3.8) is 0 Å². The van der Waals surface area contributed by atoms with Crippen LogP contribution in [-0.2, 0) is 25.8 Å². The van der Waals surface area contributed by atoms with E-state index < -0.39 is 33.2 Å². The molecule has 1 aromatic carbocycles. The van der Waals surface area contributed by atoms with Crippen LogP contribution < -0.4 is 10.6 Å². The molecule has 2 aromatic rings. The largest absolute Gasteiger partial charge is 0.325 e. The van der Waals surface area contributed by atoms with Gasteiger partial charge in [-0.05, 0) is 31.0 Å². The van der Waals surface area contributed by atoms with Crippen LogP contribution >= 0.6 is 11.3 Å².